The molecule has 0 atom stereocenters. The van der Waals surface area contributed by atoms with E-state index in [-0.39, 0.29) is 26.4 Å². The van der Waals surface area contributed by atoms with Gasteiger partial charge in [-0.2, -0.15) is 0 Å². The van der Waals surface area contributed by atoms with E-state index >= 15 is 0 Å². The molecule has 2 aromatic rings. The van der Waals surface area contributed by atoms with E-state index in [1.165, 1.54) is 18.3 Å². The summed E-state index contributed by atoms with van der Waals surface area (Å²) in [6, 6.07) is 5.14. The van der Waals surface area contributed by atoms with E-state index in [1.54, 1.807) is 0 Å². The number of anilines is 1. The SMILES string of the molecule is O=C(Nc1ccc(Cl)nc1)c1cc([N+](=O)[O-])cc(Cl)c1Cl. The largest absolute Gasteiger partial charge is 0.321 e. The zero-order valence-electron chi connectivity index (χ0n) is 10.1. The second-order valence-electron chi connectivity index (χ2n) is 3.87. The lowest BCUT2D eigenvalue weighted by atomic mass is 10.2. The first-order valence-electron chi connectivity index (χ1n) is 5.45. The van der Waals surface area contributed by atoms with E-state index in [1.807, 2.05) is 0 Å². The number of pyridine rings is 1. The van der Waals surface area contributed by atoms with Gasteiger partial charge in [-0.3, -0.25) is 14.9 Å². The van der Waals surface area contributed by atoms with Crippen molar-refractivity contribution in [2.75, 3.05) is 5.32 Å². The van der Waals surface area contributed by atoms with Gasteiger partial charge in [-0.1, -0.05) is 34.8 Å². The topological polar surface area (TPSA) is 85.1 Å². The Morgan fingerprint density at radius 1 is 1.24 bits per heavy atom. The Kier molecular flexibility index (Phi) is 4.62. The highest BCUT2D eigenvalue weighted by molar-refractivity contribution is 6.44. The first-order chi connectivity index (χ1) is 9.88. The monoisotopic (exact) mass is 345 g/mol. The van der Waals surface area contributed by atoms with Crippen molar-refractivity contribution in [2.45, 2.75) is 0 Å². The van der Waals surface area contributed by atoms with Gasteiger partial charge in [0.25, 0.3) is 11.6 Å². The number of rotatable bonds is 3. The van der Waals surface area contributed by atoms with E-state index in [0.29, 0.717) is 5.69 Å². The number of carbonyl (C=O) groups excluding carboxylic acids is 1. The van der Waals surface area contributed by atoms with Gasteiger partial charge in [-0.05, 0) is 12.1 Å². The molecule has 0 bridgehead atoms. The smallest absolute Gasteiger partial charge is 0.271 e. The molecule has 0 aliphatic heterocycles. The minimum Gasteiger partial charge on any atom is -0.321 e. The lowest BCUT2D eigenvalue weighted by molar-refractivity contribution is -0.384. The van der Waals surface area contributed by atoms with Gasteiger partial charge >= 0.3 is 0 Å². The van der Waals surface area contributed by atoms with E-state index in [0.717, 1.165) is 12.1 Å². The van der Waals surface area contributed by atoms with Gasteiger partial charge in [-0.15, -0.1) is 0 Å². The van der Waals surface area contributed by atoms with Crippen LogP contribution in [0.15, 0.2) is 30.5 Å². The number of nitro benzene ring substituents is 1. The number of hydrogen-bond donors (Lipinski definition) is 1. The first-order valence-corrected chi connectivity index (χ1v) is 6.58. The van der Waals surface area contributed by atoms with Crippen LogP contribution in [-0.2, 0) is 0 Å². The number of halogens is 3. The fraction of sp³-hybridized carbons (Fsp3) is 0. The molecule has 0 unspecified atom stereocenters. The van der Waals surface area contributed by atoms with Crippen molar-refractivity contribution in [1.29, 1.82) is 0 Å². The van der Waals surface area contributed by atoms with Crippen LogP contribution in [0.5, 0.6) is 0 Å². The summed E-state index contributed by atoms with van der Waals surface area (Å²) < 4.78 is 0. The third kappa shape index (κ3) is 3.60. The average Bonchev–Trinajstić information content (AvgIpc) is 2.43. The highest BCUT2D eigenvalue weighted by Crippen LogP contribution is 2.31. The van der Waals surface area contributed by atoms with Crippen molar-refractivity contribution in [3.63, 3.8) is 0 Å². The van der Waals surface area contributed by atoms with Crippen LogP contribution < -0.4 is 5.32 Å². The zero-order valence-corrected chi connectivity index (χ0v) is 12.4. The number of hydrogen-bond acceptors (Lipinski definition) is 4. The molecule has 2 rings (SSSR count). The maximum absolute atomic E-state index is 12.1. The van der Waals surface area contributed by atoms with Crippen molar-refractivity contribution in [3.8, 4) is 0 Å². The molecule has 0 spiro atoms. The molecule has 6 nitrogen and oxygen atoms in total. The summed E-state index contributed by atoms with van der Waals surface area (Å²) in [7, 11) is 0. The summed E-state index contributed by atoms with van der Waals surface area (Å²) in [5.74, 6) is -0.644. The van der Waals surface area contributed by atoms with Crippen LogP contribution >= 0.6 is 34.8 Å². The van der Waals surface area contributed by atoms with Crippen LogP contribution in [0, 0.1) is 10.1 Å². The van der Waals surface area contributed by atoms with Crippen LogP contribution in [0.4, 0.5) is 11.4 Å². The van der Waals surface area contributed by atoms with E-state index in [2.05, 4.69) is 10.3 Å². The van der Waals surface area contributed by atoms with Crippen LogP contribution in [0.1, 0.15) is 10.4 Å². The lowest BCUT2D eigenvalue weighted by Gasteiger charge is -2.07. The van der Waals surface area contributed by atoms with Crippen LogP contribution in [0.25, 0.3) is 0 Å². The fourth-order valence-corrected chi connectivity index (χ4v) is 2.01. The van der Waals surface area contributed by atoms with Crippen LogP contribution in [0.2, 0.25) is 15.2 Å². The number of nitro groups is 1. The Bertz CT molecular complexity index is 720. The maximum atomic E-state index is 12.1. The molecular weight excluding hydrogens is 341 g/mol. The molecular formula is C12H6Cl3N3O3. The molecule has 1 amide bonds. The van der Waals surface area contributed by atoms with E-state index in [4.69, 9.17) is 34.8 Å². The average molecular weight is 347 g/mol. The summed E-state index contributed by atoms with van der Waals surface area (Å²) in [4.78, 5) is 26.0. The molecule has 0 saturated carbocycles. The second-order valence-corrected chi connectivity index (χ2v) is 5.04. The fourth-order valence-electron chi connectivity index (χ4n) is 1.49. The third-order valence-electron chi connectivity index (χ3n) is 2.45. The minimum atomic E-state index is -0.664. The van der Waals surface area contributed by atoms with Crippen molar-refractivity contribution in [2.24, 2.45) is 0 Å². The molecule has 0 aliphatic rings. The molecule has 1 aromatic carbocycles. The molecule has 0 aliphatic carbocycles. The molecule has 1 N–H and O–H groups in total. The lowest BCUT2D eigenvalue weighted by Crippen LogP contribution is -2.13. The standard InChI is InChI=1S/C12H6Cl3N3O3/c13-9-4-7(18(20)21)3-8(11(9)15)12(19)17-6-1-2-10(14)16-5-6/h1-5H,(H,17,19). The number of aromatic nitrogens is 1. The highest BCUT2D eigenvalue weighted by atomic mass is 35.5. The Hall–Kier alpha value is -1.89. The summed E-state index contributed by atoms with van der Waals surface area (Å²) in [5, 5.41) is 13.4. The Balaban J connectivity index is 2.34. The summed E-state index contributed by atoms with van der Waals surface area (Å²) >= 11 is 17.3. The molecule has 108 valence electrons. The van der Waals surface area contributed by atoms with Gasteiger partial charge < -0.3 is 5.32 Å². The van der Waals surface area contributed by atoms with Crippen molar-refractivity contribution in [3.05, 3.63) is 61.3 Å². The van der Waals surface area contributed by atoms with Crippen LogP contribution in [-0.4, -0.2) is 15.8 Å². The van der Waals surface area contributed by atoms with Crippen LogP contribution in [0.3, 0.4) is 0 Å². The predicted octanol–water partition coefficient (Wildman–Crippen LogP) is 4.20. The molecule has 21 heavy (non-hydrogen) atoms. The number of benzene rings is 1. The zero-order chi connectivity index (χ0) is 15.6. The van der Waals surface area contributed by atoms with Gasteiger partial charge in [-0.25, -0.2) is 4.98 Å². The Morgan fingerprint density at radius 3 is 2.52 bits per heavy atom. The maximum Gasteiger partial charge on any atom is 0.271 e. The number of nitrogens with zero attached hydrogens (tertiary/aromatic N) is 2. The predicted molar refractivity (Wildman–Crippen MR) is 80.3 cm³/mol. The molecule has 0 radical (unpaired) electrons. The quantitative estimate of drug-likeness (QED) is 0.512. The normalized spacial score (nSPS) is 10.2. The molecule has 0 fully saturated rings. The second kappa shape index (κ2) is 6.26. The Morgan fingerprint density at radius 2 is 1.95 bits per heavy atom. The van der Waals surface area contributed by atoms with Crippen molar-refractivity contribution >= 4 is 52.1 Å². The minimum absolute atomic E-state index is 0.0679. The van der Waals surface area contributed by atoms with Crippen molar-refractivity contribution in [1.82, 2.24) is 4.98 Å². The number of amides is 1. The molecule has 0 saturated heterocycles. The molecule has 1 heterocycles. The number of nitrogens with one attached hydrogen (secondary N) is 1. The van der Waals surface area contributed by atoms with Gasteiger partial charge in [0.05, 0.1) is 32.4 Å². The van der Waals surface area contributed by atoms with Gasteiger partial charge in [0.1, 0.15) is 5.15 Å². The van der Waals surface area contributed by atoms with E-state index in [9.17, 15) is 14.9 Å². The highest BCUT2D eigenvalue weighted by Gasteiger charge is 2.19. The van der Waals surface area contributed by atoms with Gasteiger partial charge in [0, 0.05) is 12.1 Å². The molecule has 9 heteroatoms. The van der Waals surface area contributed by atoms with Gasteiger partial charge in [0.15, 0.2) is 0 Å². The number of carbonyl (C=O) groups is 1. The third-order valence-corrected chi connectivity index (χ3v) is 3.48. The Labute approximate surface area is 133 Å². The summed E-state index contributed by atoms with van der Waals surface area (Å²) in [5.41, 5.74) is -0.0716. The number of non-ortho nitro benzene ring substituents is 1. The summed E-state index contributed by atoms with van der Waals surface area (Å²) in [6.45, 7) is 0. The van der Waals surface area contributed by atoms with Crippen molar-refractivity contribution < 1.29 is 9.72 Å². The first kappa shape index (κ1) is 15.5. The summed E-state index contributed by atoms with van der Waals surface area (Å²) in [6.07, 6.45) is 1.34. The van der Waals surface area contributed by atoms with Gasteiger partial charge in [0.2, 0.25) is 0 Å². The van der Waals surface area contributed by atoms with E-state index < -0.39 is 10.8 Å². The molecule has 1 aromatic heterocycles.